The Labute approximate surface area is 146 Å². The maximum atomic E-state index is 12.8. The molecule has 2 aliphatic rings. The molecular formula is C19H21N3O3. The molecule has 25 heavy (non-hydrogen) atoms. The molecule has 1 aromatic carbocycles. The molecule has 0 aliphatic carbocycles. The van der Waals surface area contributed by atoms with E-state index in [1.807, 2.05) is 12.1 Å². The molecule has 1 N–H and O–H groups in total. The predicted molar refractivity (Wildman–Crippen MR) is 90.8 cm³/mol. The highest BCUT2D eigenvalue weighted by Gasteiger charge is 2.44. The summed E-state index contributed by atoms with van der Waals surface area (Å²) in [6.45, 7) is 3.46. The SMILES string of the molecule is Cc1oncc1C(=O)N1CCC2(CC1)Cc1ccccc1CNC2=O. The fraction of sp³-hybridized carbons (Fsp3) is 0.421. The van der Waals surface area contributed by atoms with Crippen molar-refractivity contribution in [2.75, 3.05) is 13.1 Å². The number of nitrogens with one attached hydrogen (secondary N) is 1. The molecule has 0 unspecified atom stereocenters. The number of benzene rings is 1. The monoisotopic (exact) mass is 339 g/mol. The number of rotatable bonds is 1. The van der Waals surface area contributed by atoms with E-state index in [1.54, 1.807) is 11.8 Å². The molecule has 1 saturated heterocycles. The van der Waals surface area contributed by atoms with E-state index in [0.29, 0.717) is 43.8 Å². The third-order valence-electron chi connectivity index (χ3n) is 5.56. The highest BCUT2D eigenvalue weighted by atomic mass is 16.5. The van der Waals surface area contributed by atoms with Crippen LogP contribution in [-0.2, 0) is 17.8 Å². The second-order valence-corrected chi connectivity index (χ2v) is 7.00. The summed E-state index contributed by atoms with van der Waals surface area (Å²) in [5.41, 5.74) is 2.50. The number of carbonyl (C=O) groups excluding carboxylic acids is 2. The number of hydrogen-bond acceptors (Lipinski definition) is 4. The Morgan fingerprint density at radius 3 is 2.64 bits per heavy atom. The molecule has 2 aliphatic heterocycles. The van der Waals surface area contributed by atoms with Crippen LogP contribution in [0.15, 0.2) is 35.0 Å². The Morgan fingerprint density at radius 1 is 1.24 bits per heavy atom. The molecule has 1 fully saturated rings. The molecular weight excluding hydrogens is 318 g/mol. The number of nitrogens with zero attached hydrogens (tertiary/aromatic N) is 2. The molecule has 0 radical (unpaired) electrons. The highest BCUT2D eigenvalue weighted by Crippen LogP contribution is 2.38. The van der Waals surface area contributed by atoms with Crippen molar-refractivity contribution in [2.45, 2.75) is 32.7 Å². The van der Waals surface area contributed by atoms with Crippen molar-refractivity contribution in [1.82, 2.24) is 15.4 Å². The summed E-state index contributed by atoms with van der Waals surface area (Å²) < 4.78 is 5.00. The van der Waals surface area contributed by atoms with Crippen LogP contribution in [-0.4, -0.2) is 35.0 Å². The molecule has 2 aromatic rings. The quantitative estimate of drug-likeness (QED) is 0.863. The fourth-order valence-electron chi connectivity index (χ4n) is 3.93. The summed E-state index contributed by atoms with van der Waals surface area (Å²) in [4.78, 5) is 27.2. The lowest BCUT2D eigenvalue weighted by Gasteiger charge is -2.40. The van der Waals surface area contributed by atoms with Crippen LogP contribution in [0.4, 0.5) is 0 Å². The minimum Gasteiger partial charge on any atom is -0.361 e. The summed E-state index contributed by atoms with van der Waals surface area (Å²) in [6.07, 6.45) is 3.55. The van der Waals surface area contributed by atoms with Crippen molar-refractivity contribution in [2.24, 2.45) is 5.41 Å². The average molecular weight is 339 g/mol. The number of aryl methyl sites for hydroxylation is 1. The second kappa shape index (κ2) is 6.02. The summed E-state index contributed by atoms with van der Waals surface area (Å²) in [7, 11) is 0. The number of likely N-dealkylation sites (tertiary alicyclic amines) is 1. The molecule has 3 heterocycles. The average Bonchev–Trinajstić information content (AvgIpc) is 3.01. The fourth-order valence-corrected chi connectivity index (χ4v) is 3.93. The van der Waals surface area contributed by atoms with Crippen LogP contribution in [0.5, 0.6) is 0 Å². The van der Waals surface area contributed by atoms with E-state index in [9.17, 15) is 9.59 Å². The van der Waals surface area contributed by atoms with Crippen LogP contribution in [0, 0.1) is 12.3 Å². The molecule has 130 valence electrons. The van der Waals surface area contributed by atoms with Gasteiger partial charge in [0, 0.05) is 19.6 Å². The van der Waals surface area contributed by atoms with Gasteiger partial charge in [0.15, 0.2) is 0 Å². The number of carbonyl (C=O) groups is 2. The number of piperidine rings is 1. The van der Waals surface area contributed by atoms with Gasteiger partial charge in [0.25, 0.3) is 5.91 Å². The van der Waals surface area contributed by atoms with E-state index >= 15 is 0 Å². The molecule has 0 atom stereocenters. The topological polar surface area (TPSA) is 75.4 Å². The molecule has 6 nitrogen and oxygen atoms in total. The van der Waals surface area contributed by atoms with Crippen LogP contribution in [0.2, 0.25) is 0 Å². The van der Waals surface area contributed by atoms with Gasteiger partial charge >= 0.3 is 0 Å². The Morgan fingerprint density at radius 2 is 1.96 bits per heavy atom. The van der Waals surface area contributed by atoms with E-state index in [-0.39, 0.29) is 11.8 Å². The van der Waals surface area contributed by atoms with E-state index in [0.717, 1.165) is 6.42 Å². The third kappa shape index (κ3) is 2.71. The van der Waals surface area contributed by atoms with Crippen LogP contribution in [0.25, 0.3) is 0 Å². The number of hydrogen-bond donors (Lipinski definition) is 1. The van der Waals surface area contributed by atoms with Gasteiger partial charge < -0.3 is 14.7 Å². The van der Waals surface area contributed by atoms with Crippen molar-refractivity contribution in [3.05, 3.63) is 52.9 Å². The molecule has 1 aromatic heterocycles. The van der Waals surface area contributed by atoms with Crippen molar-refractivity contribution >= 4 is 11.8 Å². The zero-order chi connectivity index (χ0) is 17.4. The smallest absolute Gasteiger partial charge is 0.259 e. The van der Waals surface area contributed by atoms with Gasteiger partial charge in [-0.3, -0.25) is 9.59 Å². The van der Waals surface area contributed by atoms with Crippen LogP contribution in [0.3, 0.4) is 0 Å². The summed E-state index contributed by atoms with van der Waals surface area (Å²) in [5.74, 6) is 0.575. The lowest BCUT2D eigenvalue weighted by Crippen LogP contribution is -2.50. The van der Waals surface area contributed by atoms with Gasteiger partial charge in [-0.2, -0.15) is 0 Å². The van der Waals surface area contributed by atoms with E-state index in [4.69, 9.17) is 4.52 Å². The Hall–Kier alpha value is -2.63. The first-order valence-corrected chi connectivity index (χ1v) is 8.65. The van der Waals surface area contributed by atoms with Gasteiger partial charge in [0.1, 0.15) is 11.3 Å². The summed E-state index contributed by atoms with van der Waals surface area (Å²) in [6, 6.07) is 8.21. The first kappa shape index (κ1) is 15.9. The molecule has 6 heteroatoms. The third-order valence-corrected chi connectivity index (χ3v) is 5.56. The van der Waals surface area contributed by atoms with Crippen molar-refractivity contribution in [3.8, 4) is 0 Å². The Bertz CT molecular complexity index is 819. The van der Waals surface area contributed by atoms with Gasteiger partial charge in [-0.25, -0.2) is 0 Å². The second-order valence-electron chi connectivity index (χ2n) is 7.00. The Balaban J connectivity index is 1.53. The predicted octanol–water partition coefficient (Wildman–Crippen LogP) is 2.08. The van der Waals surface area contributed by atoms with E-state index in [1.165, 1.54) is 17.3 Å². The normalized spacial score (nSPS) is 19.2. The van der Waals surface area contributed by atoms with Crippen LogP contribution < -0.4 is 5.32 Å². The standard InChI is InChI=1S/C19H21N3O3/c1-13-16(12-21-25-13)17(23)22-8-6-19(7-9-22)10-14-4-2-3-5-15(14)11-20-18(19)24/h2-5,12H,6-11H2,1H3,(H,20,24). The summed E-state index contributed by atoms with van der Waals surface area (Å²) >= 11 is 0. The number of amides is 2. The van der Waals surface area contributed by atoms with Crippen molar-refractivity contribution < 1.29 is 14.1 Å². The summed E-state index contributed by atoms with van der Waals surface area (Å²) in [5, 5.41) is 6.76. The molecule has 0 bridgehead atoms. The van der Waals surface area contributed by atoms with Crippen LogP contribution in [0.1, 0.15) is 40.1 Å². The molecule has 0 saturated carbocycles. The van der Waals surface area contributed by atoms with Crippen molar-refractivity contribution in [1.29, 1.82) is 0 Å². The van der Waals surface area contributed by atoms with Gasteiger partial charge in [0.2, 0.25) is 5.91 Å². The van der Waals surface area contributed by atoms with Crippen molar-refractivity contribution in [3.63, 3.8) is 0 Å². The van der Waals surface area contributed by atoms with Gasteiger partial charge in [-0.15, -0.1) is 0 Å². The van der Waals surface area contributed by atoms with Crippen LogP contribution >= 0.6 is 0 Å². The van der Waals surface area contributed by atoms with Gasteiger partial charge in [0.05, 0.1) is 11.6 Å². The maximum absolute atomic E-state index is 12.8. The largest absolute Gasteiger partial charge is 0.361 e. The first-order valence-electron chi connectivity index (χ1n) is 8.65. The van der Waals surface area contributed by atoms with Gasteiger partial charge in [-0.1, -0.05) is 29.4 Å². The molecule has 2 amide bonds. The zero-order valence-electron chi connectivity index (χ0n) is 14.2. The molecule has 4 rings (SSSR count). The minimum atomic E-state index is -0.424. The first-order chi connectivity index (χ1) is 12.1. The van der Waals surface area contributed by atoms with E-state index < -0.39 is 5.41 Å². The van der Waals surface area contributed by atoms with E-state index in [2.05, 4.69) is 22.6 Å². The zero-order valence-corrected chi connectivity index (χ0v) is 14.2. The van der Waals surface area contributed by atoms with Gasteiger partial charge in [-0.05, 0) is 37.3 Å². The minimum absolute atomic E-state index is 0.0666. The lowest BCUT2D eigenvalue weighted by molar-refractivity contribution is -0.133. The number of fused-ring (bicyclic) bond motifs is 1. The highest BCUT2D eigenvalue weighted by molar-refractivity contribution is 5.95. The molecule has 1 spiro atoms. The number of aromatic nitrogens is 1. The maximum Gasteiger partial charge on any atom is 0.259 e. The Kier molecular flexibility index (Phi) is 3.82. The lowest BCUT2D eigenvalue weighted by atomic mass is 9.73.